The quantitative estimate of drug-likeness (QED) is 0.577. The Morgan fingerprint density at radius 1 is 1.24 bits per heavy atom. The summed E-state index contributed by atoms with van der Waals surface area (Å²) in [7, 11) is 0. The van der Waals surface area contributed by atoms with Crippen molar-refractivity contribution in [2.24, 2.45) is 0 Å². The molecule has 1 aliphatic heterocycles. The first-order valence-electron chi connectivity index (χ1n) is 5.10. The first kappa shape index (κ1) is 12.4. The summed E-state index contributed by atoms with van der Waals surface area (Å²) in [6, 6.07) is 1.67. The SMILES string of the molecule is O=C1C(Br)CCCN1c1cc(F)c(F)c(F)c1. The number of benzene rings is 1. The van der Waals surface area contributed by atoms with Gasteiger partial charge in [0, 0.05) is 24.4 Å². The number of carbonyl (C=O) groups excluding carboxylic acids is 1. The smallest absolute Gasteiger partial charge is 0.240 e. The lowest BCUT2D eigenvalue weighted by Crippen LogP contribution is -2.41. The molecule has 0 saturated carbocycles. The Kier molecular flexibility index (Phi) is 3.42. The summed E-state index contributed by atoms with van der Waals surface area (Å²) in [4.78, 5) is 12.7. The van der Waals surface area contributed by atoms with E-state index in [9.17, 15) is 18.0 Å². The van der Waals surface area contributed by atoms with Crippen LogP contribution in [0.15, 0.2) is 12.1 Å². The average molecular weight is 308 g/mol. The number of rotatable bonds is 1. The van der Waals surface area contributed by atoms with Crippen molar-refractivity contribution in [3.63, 3.8) is 0 Å². The average Bonchev–Trinajstić information content (AvgIpc) is 2.29. The molecular formula is C11H9BrF3NO. The minimum Gasteiger partial charge on any atom is -0.311 e. The van der Waals surface area contributed by atoms with Crippen molar-refractivity contribution in [3.8, 4) is 0 Å². The van der Waals surface area contributed by atoms with Gasteiger partial charge >= 0.3 is 0 Å². The van der Waals surface area contributed by atoms with Gasteiger partial charge in [0.1, 0.15) is 0 Å². The van der Waals surface area contributed by atoms with E-state index in [0.717, 1.165) is 18.6 Å². The van der Waals surface area contributed by atoms with Crippen molar-refractivity contribution in [1.29, 1.82) is 0 Å². The molecule has 1 unspecified atom stereocenters. The Hall–Kier alpha value is -1.04. The molecular weight excluding hydrogens is 299 g/mol. The molecule has 0 aromatic heterocycles. The van der Waals surface area contributed by atoms with E-state index in [-0.39, 0.29) is 16.4 Å². The third kappa shape index (κ3) is 2.31. The highest BCUT2D eigenvalue weighted by Crippen LogP contribution is 2.27. The van der Waals surface area contributed by atoms with E-state index in [0.29, 0.717) is 13.0 Å². The lowest BCUT2D eigenvalue weighted by atomic mass is 10.1. The van der Waals surface area contributed by atoms with Gasteiger partial charge in [0.25, 0.3) is 0 Å². The zero-order valence-corrected chi connectivity index (χ0v) is 10.3. The molecule has 0 spiro atoms. The predicted octanol–water partition coefficient (Wildman–Crippen LogP) is 2.99. The van der Waals surface area contributed by atoms with Crippen LogP contribution < -0.4 is 4.90 Å². The van der Waals surface area contributed by atoms with Crippen LogP contribution in [-0.2, 0) is 4.79 Å². The van der Waals surface area contributed by atoms with Crippen LogP contribution in [0.3, 0.4) is 0 Å². The highest BCUT2D eigenvalue weighted by molar-refractivity contribution is 9.10. The second-order valence-electron chi connectivity index (χ2n) is 3.82. The molecule has 0 bridgehead atoms. The van der Waals surface area contributed by atoms with Crippen LogP contribution in [0.1, 0.15) is 12.8 Å². The largest absolute Gasteiger partial charge is 0.311 e. The fraction of sp³-hybridized carbons (Fsp3) is 0.364. The van der Waals surface area contributed by atoms with Crippen LogP contribution in [0.2, 0.25) is 0 Å². The molecule has 92 valence electrons. The van der Waals surface area contributed by atoms with Crippen LogP contribution in [0.5, 0.6) is 0 Å². The number of alkyl halides is 1. The van der Waals surface area contributed by atoms with Gasteiger partial charge in [-0.1, -0.05) is 15.9 Å². The van der Waals surface area contributed by atoms with E-state index in [1.165, 1.54) is 4.90 Å². The first-order chi connectivity index (χ1) is 8.00. The molecule has 1 aromatic rings. The van der Waals surface area contributed by atoms with Crippen LogP contribution in [0, 0.1) is 17.5 Å². The molecule has 17 heavy (non-hydrogen) atoms. The lowest BCUT2D eigenvalue weighted by Gasteiger charge is -2.29. The Morgan fingerprint density at radius 2 is 1.82 bits per heavy atom. The second-order valence-corrected chi connectivity index (χ2v) is 4.93. The van der Waals surface area contributed by atoms with Gasteiger partial charge in [-0.05, 0) is 12.8 Å². The van der Waals surface area contributed by atoms with Gasteiger partial charge in [0.15, 0.2) is 17.5 Å². The number of carbonyl (C=O) groups is 1. The predicted molar refractivity (Wildman–Crippen MR) is 60.6 cm³/mol. The van der Waals surface area contributed by atoms with E-state index in [2.05, 4.69) is 15.9 Å². The van der Waals surface area contributed by atoms with E-state index in [1.54, 1.807) is 0 Å². The minimum absolute atomic E-state index is 0.0514. The van der Waals surface area contributed by atoms with Crippen LogP contribution >= 0.6 is 15.9 Å². The molecule has 0 N–H and O–H groups in total. The Labute approximate surface area is 105 Å². The summed E-state index contributed by atoms with van der Waals surface area (Å²) >= 11 is 3.19. The van der Waals surface area contributed by atoms with Crippen molar-refractivity contribution in [3.05, 3.63) is 29.6 Å². The maximum atomic E-state index is 13.1. The topological polar surface area (TPSA) is 20.3 Å². The standard InChI is InChI=1S/C11H9BrF3NO/c12-7-2-1-3-16(11(7)17)6-4-8(13)10(15)9(14)5-6/h4-5,7H,1-3H2. The van der Waals surface area contributed by atoms with Crippen molar-refractivity contribution in [2.75, 3.05) is 11.4 Å². The monoisotopic (exact) mass is 307 g/mol. The highest BCUT2D eigenvalue weighted by Gasteiger charge is 2.28. The summed E-state index contributed by atoms with van der Waals surface area (Å²) in [6.07, 6.45) is 1.41. The van der Waals surface area contributed by atoms with Gasteiger partial charge in [-0.25, -0.2) is 13.2 Å². The molecule has 2 rings (SSSR count). The van der Waals surface area contributed by atoms with Gasteiger partial charge in [0.2, 0.25) is 5.91 Å². The number of piperidine rings is 1. The molecule has 1 heterocycles. The Morgan fingerprint density at radius 3 is 2.41 bits per heavy atom. The number of anilines is 1. The minimum atomic E-state index is -1.52. The molecule has 1 aliphatic rings. The van der Waals surface area contributed by atoms with Gasteiger partial charge in [-0.3, -0.25) is 4.79 Å². The van der Waals surface area contributed by atoms with Crippen molar-refractivity contribution < 1.29 is 18.0 Å². The Bertz CT molecular complexity index is 443. The third-order valence-corrected chi connectivity index (χ3v) is 3.50. The number of nitrogens with zero attached hydrogens (tertiary/aromatic N) is 1. The summed E-state index contributed by atoms with van der Waals surface area (Å²) in [6.45, 7) is 0.380. The number of hydrogen-bond donors (Lipinski definition) is 0. The molecule has 1 saturated heterocycles. The van der Waals surface area contributed by atoms with Crippen molar-refractivity contribution >= 4 is 27.5 Å². The van der Waals surface area contributed by atoms with Crippen LogP contribution in [0.4, 0.5) is 18.9 Å². The number of amides is 1. The van der Waals surface area contributed by atoms with Crippen molar-refractivity contribution in [1.82, 2.24) is 0 Å². The fourth-order valence-electron chi connectivity index (χ4n) is 1.79. The molecule has 1 amide bonds. The third-order valence-electron chi connectivity index (χ3n) is 2.65. The van der Waals surface area contributed by atoms with Crippen molar-refractivity contribution in [2.45, 2.75) is 17.7 Å². The first-order valence-corrected chi connectivity index (χ1v) is 6.02. The molecule has 6 heteroatoms. The van der Waals surface area contributed by atoms with Crippen LogP contribution in [0.25, 0.3) is 0 Å². The molecule has 1 atom stereocenters. The summed E-state index contributed by atoms with van der Waals surface area (Å²) in [5, 5.41) is 0. The summed E-state index contributed by atoms with van der Waals surface area (Å²) < 4.78 is 38.9. The van der Waals surface area contributed by atoms with E-state index in [1.807, 2.05) is 0 Å². The van der Waals surface area contributed by atoms with Gasteiger partial charge in [0.05, 0.1) is 4.83 Å². The fourth-order valence-corrected chi connectivity index (χ4v) is 2.36. The van der Waals surface area contributed by atoms with E-state index >= 15 is 0 Å². The Balaban J connectivity index is 2.37. The molecule has 2 nitrogen and oxygen atoms in total. The molecule has 0 radical (unpaired) electrons. The van der Waals surface area contributed by atoms with Gasteiger partial charge in [-0.2, -0.15) is 0 Å². The molecule has 1 fully saturated rings. The summed E-state index contributed by atoms with van der Waals surface area (Å²) in [5.41, 5.74) is 0.0514. The lowest BCUT2D eigenvalue weighted by molar-refractivity contribution is -0.118. The van der Waals surface area contributed by atoms with Crippen LogP contribution in [-0.4, -0.2) is 17.3 Å². The maximum Gasteiger partial charge on any atom is 0.240 e. The van der Waals surface area contributed by atoms with E-state index < -0.39 is 17.5 Å². The zero-order valence-electron chi connectivity index (χ0n) is 8.72. The number of halogens is 4. The van der Waals surface area contributed by atoms with Gasteiger partial charge < -0.3 is 4.90 Å². The molecule has 1 aromatic carbocycles. The van der Waals surface area contributed by atoms with Gasteiger partial charge in [-0.15, -0.1) is 0 Å². The summed E-state index contributed by atoms with van der Waals surface area (Å²) in [5.74, 6) is -4.36. The highest BCUT2D eigenvalue weighted by atomic mass is 79.9. The zero-order chi connectivity index (χ0) is 12.6. The maximum absolute atomic E-state index is 13.1. The second kappa shape index (κ2) is 4.68. The van der Waals surface area contributed by atoms with E-state index in [4.69, 9.17) is 0 Å². The normalized spacial score (nSPS) is 20.8. The number of hydrogen-bond acceptors (Lipinski definition) is 1. The molecule has 0 aliphatic carbocycles.